The zero-order valence-corrected chi connectivity index (χ0v) is 16.2. The molecule has 5 nitrogen and oxygen atoms in total. The van der Waals surface area contributed by atoms with E-state index in [1.54, 1.807) is 31.2 Å². The van der Waals surface area contributed by atoms with Crippen molar-refractivity contribution in [3.8, 4) is 23.1 Å². The van der Waals surface area contributed by atoms with E-state index < -0.39 is 0 Å². The standard InChI is InChI=1S/C24H19N3O2/c1-3-29-24(28)19-8-5-9-20(14-19)27-22-11-10-17(15-25)13-21(22)26-23(27)18-7-4-6-16(2)12-18/h4-14H,3H2,1-2H3. The Balaban J connectivity index is 1.98. The largest absolute Gasteiger partial charge is 0.462 e. The summed E-state index contributed by atoms with van der Waals surface area (Å²) in [6, 6.07) is 23.0. The number of aromatic nitrogens is 2. The molecular formula is C24H19N3O2. The minimum atomic E-state index is -0.359. The molecule has 0 aliphatic carbocycles. The second-order valence-electron chi connectivity index (χ2n) is 6.73. The van der Waals surface area contributed by atoms with Crippen molar-refractivity contribution in [1.82, 2.24) is 9.55 Å². The molecule has 3 aromatic carbocycles. The van der Waals surface area contributed by atoms with E-state index in [0.29, 0.717) is 17.7 Å². The Kier molecular flexibility index (Phi) is 4.84. The van der Waals surface area contributed by atoms with Crippen molar-refractivity contribution in [2.75, 3.05) is 6.61 Å². The summed E-state index contributed by atoms with van der Waals surface area (Å²) in [4.78, 5) is 17.0. The molecule has 1 heterocycles. The van der Waals surface area contributed by atoms with E-state index in [-0.39, 0.29) is 5.97 Å². The van der Waals surface area contributed by atoms with Crippen LogP contribution in [0.1, 0.15) is 28.4 Å². The molecule has 4 aromatic rings. The van der Waals surface area contributed by atoms with Crippen molar-refractivity contribution < 1.29 is 9.53 Å². The number of imidazole rings is 1. The molecule has 1 aromatic heterocycles. The number of ether oxygens (including phenoxy) is 1. The molecule has 0 atom stereocenters. The number of rotatable bonds is 4. The molecule has 0 saturated carbocycles. The van der Waals surface area contributed by atoms with Crippen LogP contribution in [0.5, 0.6) is 0 Å². The number of fused-ring (bicyclic) bond motifs is 1. The van der Waals surface area contributed by atoms with Crippen molar-refractivity contribution in [1.29, 1.82) is 5.26 Å². The second kappa shape index (κ2) is 7.61. The number of aryl methyl sites for hydroxylation is 1. The average molecular weight is 381 g/mol. The van der Waals surface area contributed by atoms with Crippen LogP contribution in [0.2, 0.25) is 0 Å². The number of nitrogens with zero attached hydrogens (tertiary/aromatic N) is 3. The van der Waals surface area contributed by atoms with Crippen LogP contribution in [0.25, 0.3) is 28.1 Å². The van der Waals surface area contributed by atoms with Gasteiger partial charge in [-0.1, -0.05) is 29.8 Å². The van der Waals surface area contributed by atoms with Crippen molar-refractivity contribution in [2.24, 2.45) is 0 Å². The zero-order valence-electron chi connectivity index (χ0n) is 16.2. The summed E-state index contributed by atoms with van der Waals surface area (Å²) in [5.74, 6) is 0.391. The second-order valence-corrected chi connectivity index (χ2v) is 6.73. The molecule has 0 spiro atoms. The van der Waals surface area contributed by atoms with E-state index in [1.165, 1.54) is 0 Å². The number of hydrogen-bond acceptors (Lipinski definition) is 4. The van der Waals surface area contributed by atoms with Crippen molar-refractivity contribution in [3.05, 3.63) is 83.4 Å². The summed E-state index contributed by atoms with van der Waals surface area (Å²) >= 11 is 0. The Hall–Kier alpha value is -3.91. The van der Waals surface area contributed by atoms with Crippen LogP contribution in [-0.4, -0.2) is 22.1 Å². The number of carbonyl (C=O) groups is 1. The van der Waals surface area contributed by atoms with Gasteiger partial charge in [-0.2, -0.15) is 5.26 Å². The quantitative estimate of drug-likeness (QED) is 0.464. The van der Waals surface area contributed by atoms with E-state index in [1.807, 2.05) is 47.9 Å². The van der Waals surface area contributed by atoms with Crippen LogP contribution in [0, 0.1) is 18.3 Å². The Bertz CT molecular complexity index is 1260. The summed E-state index contributed by atoms with van der Waals surface area (Å²) < 4.78 is 7.16. The van der Waals surface area contributed by atoms with Gasteiger partial charge in [0.25, 0.3) is 0 Å². The van der Waals surface area contributed by atoms with Gasteiger partial charge < -0.3 is 4.74 Å². The first-order valence-electron chi connectivity index (χ1n) is 9.38. The lowest BCUT2D eigenvalue weighted by molar-refractivity contribution is 0.0526. The molecule has 0 amide bonds. The fourth-order valence-electron chi connectivity index (χ4n) is 3.38. The maximum Gasteiger partial charge on any atom is 0.338 e. The third-order valence-electron chi connectivity index (χ3n) is 4.68. The van der Waals surface area contributed by atoms with E-state index in [0.717, 1.165) is 33.7 Å². The van der Waals surface area contributed by atoms with Gasteiger partial charge in [-0.15, -0.1) is 0 Å². The van der Waals surface area contributed by atoms with Crippen LogP contribution in [0.3, 0.4) is 0 Å². The van der Waals surface area contributed by atoms with Gasteiger partial charge in [0.2, 0.25) is 0 Å². The topological polar surface area (TPSA) is 67.9 Å². The molecule has 0 radical (unpaired) electrons. The lowest BCUT2D eigenvalue weighted by Crippen LogP contribution is -2.06. The number of benzene rings is 3. The molecule has 142 valence electrons. The van der Waals surface area contributed by atoms with Gasteiger partial charge in [0.05, 0.1) is 34.8 Å². The fraction of sp³-hybridized carbons (Fsp3) is 0.125. The minimum absolute atomic E-state index is 0.322. The number of nitriles is 1. The van der Waals surface area contributed by atoms with Crippen molar-refractivity contribution >= 4 is 17.0 Å². The normalized spacial score (nSPS) is 10.7. The molecule has 0 N–H and O–H groups in total. The van der Waals surface area contributed by atoms with Crippen LogP contribution < -0.4 is 0 Å². The summed E-state index contributed by atoms with van der Waals surface area (Å²) in [7, 11) is 0. The number of carbonyl (C=O) groups excluding carboxylic acids is 1. The fourth-order valence-corrected chi connectivity index (χ4v) is 3.38. The van der Waals surface area contributed by atoms with E-state index >= 15 is 0 Å². The zero-order chi connectivity index (χ0) is 20.4. The molecule has 0 bridgehead atoms. The summed E-state index contributed by atoms with van der Waals surface area (Å²) in [5.41, 5.74) is 5.51. The molecule has 4 rings (SSSR count). The highest BCUT2D eigenvalue weighted by atomic mass is 16.5. The Morgan fingerprint density at radius 1 is 1.10 bits per heavy atom. The third kappa shape index (κ3) is 3.48. The minimum Gasteiger partial charge on any atom is -0.462 e. The van der Waals surface area contributed by atoms with Crippen molar-refractivity contribution in [2.45, 2.75) is 13.8 Å². The Morgan fingerprint density at radius 2 is 1.93 bits per heavy atom. The van der Waals surface area contributed by atoms with Gasteiger partial charge in [0.1, 0.15) is 5.82 Å². The maximum absolute atomic E-state index is 12.2. The highest BCUT2D eigenvalue weighted by Crippen LogP contribution is 2.30. The first-order chi connectivity index (χ1) is 14.1. The lowest BCUT2D eigenvalue weighted by atomic mass is 10.1. The predicted octanol–water partition coefficient (Wildman–Crippen LogP) is 5.05. The highest BCUT2D eigenvalue weighted by Gasteiger charge is 2.16. The van der Waals surface area contributed by atoms with Gasteiger partial charge in [-0.25, -0.2) is 9.78 Å². The molecule has 0 aliphatic heterocycles. The lowest BCUT2D eigenvalue weighted by Gasteiger charge is -2.11. The molecule has 29 heavy (non-hydrogen) atoms. The van der Waals surface area contributed by atoms with E-state index in [4.69, 9.17) is 9.72 Å². The van der Waals surface area contributed by atoms with E-state index in [2.05, 4.69) is 12.1 Å². The first kappa shape index (κ1) is 18.5. The molecule has 0 fully saturated rings. The Morgan fingerprint density at radius 3 is 2.69 bits per heavy atom. The number of esters is 1. The Labute approximate surface area is 168 Å². The van der Waals surface area contributed by atoms with Gasteiger partial charge in [0.15, 0.2) is 0 Å². The summed E-state index contributed by atoms with van der Waals surface area (Å²) in [6.45, 7) is 4.14. The van der Waals surface area contributed by atoms with Crippen LogP contribution in [0.4, 0.5) is 0 Å². The van der Waals surface area contributed by atoms with Crippen LogP contribution in [0.15, 0.2) is 66.7 Å². The third-order valence-corrected chi connectivity index (χ3v) is 4.68. The summed E-state index contributed by atoms with van der Waals surface area (Å²) in [6.07, 6.45) is 0. The van der Waals surface area contributed by atoms with Crippen molar-refractivity contribution in [3.63, 3.8) is 0 Å². The van der Waals surface area contributed by atoms with Gasteiger partial charge >= 0.3 is 5.97 Å². The van der Waals surface area contributed by atoms with Gasteiger partial charge in [-0.05, 0) is 56.3 Å². The van der Waals surface area contributed by atoms with Gasteiger partial charge in [0, 0.05) is 11.3 Å². The molecule has 5 heteroatoms. The van der Waals surface area contributed by atoms with E-state index in [9.17, 15) is 10.1 Å². The number of hydrogen-bond donors (Lipinski definition) is 0. The maximum atomic E-state index is 12.2. The molecule has 0 aliphatic rings. The first-order valence-corrected chi connectivity index (χ1v) is 9.38. The average Bonchev–Trinajstić information content (AvgIpc) is 3.12. The monoisotopic (exact) mass is 381 g/mol. The van der Waals surface area contributed by atoms with Gasteiger partial charge in [-0.3, -0.25) is 4.57 Å². The molecule has 0 unspecified atom stereocenters. The summed E-state index contributed by atoms with van der Waals surface area (Å²) in [5, 5.41) is 9.26. The van der Waals surface area contributed by atoms with Crippen LogP contribution >= 0.6 is 0 Å². The molecule has 0 saturated heterocycles. The molecular weight excluding hydrogens is 362 g/mol. The SMILES string of the molecule is CCOC(=O)c1cccc(-n2c(-c3cccc(C)c3)nc3cc(C#N)ccc32)c1. The predicted molar refractivity (Wildman–Crippen MR) is 112 cm³/mol. The highest BCUT2D eigenvalue weighted by molar-refractivity contribution is 5.91. The van der Waals surface area contributed by atoms with Crippen LogP contribution in [-0.2, 0) is 4.74 Å². The smallest absolute Gasteiger partial charge is 0.338 e.